The van der Waals surface area contributed by atoms with Gasteiger partial charge in [-0.05, 0) is 97.9 Å². The second kappa shape index (κ2) is 8.89. The molecule has 0 heterocycles. The first kappa shape index (κ1) is 25.6. The topological polar surface area (TPSA) is 94.8 Å². The number of allylic oxidation sites excluding steroid dienone is 1. The van der Waals surface area contributed by atoms with Gasteiger partial charge in [0.2, 0.25) is 0 Å². The van der Waals surface area contributed by atoms with E-state index < -0.39 is 18.0 Å². The monoisotopic (exact) mass is 472 g/mol. The summed E-state index contributed by atoms with van der Waals surface area (Å²) in [5.74, 6) is 0.0224. The Morgan fingerprint density at radius 3 is 2.50 bits per heavy atom. The summed E-state index contributed by atoms with van der Waals surface area (Å²) in [6.07, 6.45) is 5.35. The van der Waals surface area contributed by atoms with Crippen LogP contribution in [0.5, 0.6) is 0 Å². The van der Waals surface area contributed by atoms with Crippen LogP contribution in [0.4, 0.5) is 0 Å². The third kappa shape index (κ3) is 3.82. The van der Waals surface area contributed by atoms with Crippen LogP contribution in [0.3, 0.4) is 0 Å². The fraction of sp³-hybridized carbons (Fsp3) is 0.793. The largest absolute Gasteiger partial charge is 0.481 e. The molecule has 0 aromatic heterocycles. The summed E-state index contributed by atoms with van der Waals surface area (Å²) >= 11 is 0. The smallest absolute Gasteiger partial charge is 0.310 e. The van der Waals surface area contributed by atoms with Crippen molar-refractivity contribution in [3.63, 3.8) is 0 Å². The minimum atomic E-state index is -0.828. The maximum Gasteiger partial charge on any atom is 0.310 e. The molecule has 0 aromatic rings. The highest BCUT2D eigenvalue weighted by molar-refractivity contribution is 5.99. The molecule has 0 bridgehead atoms. The van der Waals surface area contributed by atoms with E-state index in [9.17, 15) is 24.9 Å². The number of rotatable bonds is 6. The molecule has 2 fully saturated rings. The Morgan fingerprint density at radius 2 is 1.85 bits per heavy atom. The van der Waals surface area contributed by atoms with E-state index in [0.717, 1.165) is 42.4 Å². The molecule has 0 saturated heterocycles. The number of hydrogen-bond acceptors (Lipinski definition) is 4. The number of aliphatic hydroxyl groups is 2. The Kier molecular flexibility index (Phi) is 6.70. The maximum atomic E-state index is 13.9. The van der Waals surface area contributed by atoms with Crippen LogP contribution in [0.15, 0.2) is 23.3 Å². The van der Waals surface area contributed by atoms with E-state index in [4.69, 9.17) is 0 Å². The number of aliphatic carboxylic acids is 1. The van der Waals surface area contributed by atoms with Crippen LogP contribution in [-0.2, 0) is 9.59 Å². The zero-order valence-corrected chi connectivity index (χ0v) is 21.6. The molecule has 5 heteroatoms. The van der Waals surface area contributed by atoms with E-state index in [1.165, 1.54) is 0 Å². The van der Waals surface area contributed by atoms with E-state index in [2.05, 4.69) is 34.3 Å². The fourth-order valence-corrected chi connectivity index (χ4v) is 8.68. The first-order chi connectivity index (χ1) is 15.8. The number of carbonyl (C=O) groups is 2. The van der Waals surface area contributed by atoms with Crippen molar-refractivity contribution in [1.29, 1.82) is 0 Å². The van der Waals surface area contributed by atoms with Crippen molar-refractivity contribution in [3.05, 3.63) is 23.3 Å². The van der Waals surface area contributed by atoms with Crippen LogP contribution in [0.25, 0.3) is 0 Å². The number of fused-ring (bicyclic) bond motifs is 4. The van der Waals surface area contributed by atoms with Crippen LogP contribution in [0.2, 0.25) is 0 Å². The molecule has 0 amide bonds. The number of carbonyl (C=O) groups excluding carboxylic acids is 1. The van der Waals surface area contributed by atoms with Gasteiger partial charge in [0.05, 0.1) is 18.1 Å². The van der Waals surface area contributed by atoms with Gasteiger partial charge >= 0.3 is 5.97 Å². The Labute approximate surface area is 204 Å². The van der Waals surface area contributed by atoms with Crippen LogP contribution < -0.4 is 0 Å². The molecule has 0 aliphatic heterocycles. The highest BCUT2D eigenvalue weighted by atomic mass is 16.4. The molecular formula is C29H44O5. The summed E-state index contributed by atoms with van der Waals surface area (Å²) in [6, 6.07) is 0. The van der Waals surface area contributed by atoms with Crippen molar-refractivity contribution in [2.24, 2.45) is 46.3 Å². The maximum absolute atomic E-state index is 13.9. The summed E-state index contributed by atoms with van der Waals surface area (Å²) < 4.78 is 0. The van der Waals surface area contributed by atoms with Gasteiger partial charge < -0.3 is 15.3 Å². The third-order valence-electron chi connectivity index (χ3n) is 10.9. The number of carboxylic acids is 1. The summed E-state index contributed by atoms with van der Waals surface area (Å²) in [4.78, 5) is 25.2. The molecule has 4 aliphatic rings. The number of aliphatic hydroxyl groups excluding tert-OH is 2. The zero-order valence-electron chi connectivity index (χ0n) is 21.6. The van der Waals surface area contributed by atoms with Gasteiger partial charge in [-0.3, -0.25) is 9.59 Å². The predicted octanol–water partition coefficient (Wildman–Crippen LogP) is 5.16. The summed E-state index contributed by atoms with van der Waals surface area (Å²) in [7, 11) is 0. The van der Waals surface area contributed by atoms with Gasteiger partial charge in [0.25, 0.3) is 0 Å². The second-order valence-corrected chi connectivity index (χ2v) is 12.6. The Balaban J connectivity index is 1.60. The van der Waals surface area contributed by atoms with E-state index in [1.807, 2.05) is 0 Å². The van der Waals surface area contributed by atoms with Gasteiger partial charge in [-0.15, -0.1) is 0 Å². The molecule has 0 radical (unpaired) electrons. The molecule has 0 aromatic carbocycles. The van der Waals surface area contributed by atoms with Gasteiger partial charge in [0.15, 0.2) is 5.78 Å². The van der Waals surface area contributed by atoms with Gasteiger partial charge in [0.1, 0.15) is 0 Å². The van der Waals surface area contributed by atoms with Crippen LogP contribution in [0, 0.1) is 46.3 Å². The molecule has 0 spiro atoms. The lowest BCUT2D eigenvalue weighted by Gasteiger charge is -2.57. The SMILES string of the molecule is C=C(CC[C@@H](C)[C@H]1CC[C@H]2C3=C(C(=O)C[C@]12C)[C@@]1(C)CC[C@H](O)[C@@H](C)[C@@H]1C[C@@H]3O)[C@@H](C)C(=O)O. The summed E-state index contributed by atoms with van der Waals surface area (Å²) in [5, 5.41) is 31.2. The van der Waals surface area contributed by atoms with Gasteiger partial charge in [-0.2, -0.15) is 0 Å². The Bertz CT molecular complexity index is 904. The predicted molar refractivity (Wildman–Crippen MR) is 132 cm³/mol. The first-order valence-corrected chi connectivity index (χ1v) is 13.4. The molecule has 4 aliphatic carbocycles. The lowest BCUT2D eigenvalue weighted by molar-refractivity contribution is -0.140. The van der Waals surface area contributed by atoms with Crippen molar-refractivity contribution < 1.29 is 24.9 Å². The number of ketones is 1. The molecular weight excluding hydrogens is 428 g/mol. The van der Waals surface area contributed by atoms with Crippen molar-refractivity contribution in [3.8, 4) is 0 Å². The Morgan fingerprint density at radius 1 is 1.18 bits per heavy atom. The van der Waals surface area contributed by atoms with E-state index in [0.29, 0.717) is 37.5 Å². The molecule has 5 nitrogen and oxygen atoms in total. The third-order valence-corrected chi connectivity index (χ3v) is 10.9. The highest BCUT2D eigenvalue weighted by Gasteiger charge is 2.61. The number of hydrogen-bond donors (Lipinski definition) is 3. The minimum absolute atomic E-state index is 0.0844. The quantitative estimate of drug-likeness (QED) is 0.464. The van der Waals surface area contributed by atoms with E-state index in [1.54, 1.807) is 6.92 Å². The molecule has 3 N–H and O–H groups in total. The second-order valence-electron chi connectivity index (χ2n) is 12.6. The van der Waals surface area contributed by atoms with Crippen LogP contribution in [0.1, 0.15) is 86.0 Å². The molecule has 2 saturated carbocycles. The number of carboxylic acid groups (broad SMARTS) is 1. The van der Waals surface area contributed by atoms with Crippen molar-refractivity contribution in [2.75, 3.05) is 0 Å². The minimum Gasteiger partial charge on any atom is -0.481 e. The molecule has 4 rings (SSSR count). The molecule has 190 valence electrons. The molecule has 0 unspecified atom stereocenters. The van der Waals surface area contributed by atoms with Crippen molar-refractivity contribution >= 4 is 11.8 Å². The summed E-state index contributed by atoms with van der Waals surface area (Å²) in [5.41, 5.74) is 2.28. The summed E-state index contributed by atoms with van der Waals surface area (Å²) in [6.45, 7) is 14.5. The lowest BCUT2D eigenvalue weighted by atomic mass is 9.48. The average Bonchev–Trinajstić information content (AvgIpc) is 3.11. The van der Waals surface area contributed by atoms with Crippen LogP contribution >= 0.6 is 0 Å². The van der Waals surface area contributed by atoms with E-state index >= 15 is 0 Å². The first-order valence-electron chi connectivity index (χ1n) is 13.4. The highest BCUT2D eigenvalue weighted by Crippen LogP contribution is 2.65. The lowest BCUT2D eigenvalue weighted by Crippen LogP contribution is -2.54. The Hall–Kier alpha value is -1.46. The fourth-order valence-electron chi connectivity index (χ4n) is 8.68. The number of Topliss-reactive ketones (excluding diaryl/α,β-unsaturated/α-hetero) is 1. The normalized spacial score (nSPS) is 43.6. The van der Waals surface area contributed by atoms with Crippen LogP contribution in [-0.4, -0.2) is 39.3 Å². The van der Waals surface area contributed by atoms with Gasteiger partial charge in [-0.1, -0.05) is 39.8 Å². The van der Waals surface area contributed by atoms with E-state index in [-0.39, 0.29) is 40.5 Å². The standard InChI is InChI=1S/C29H44O5/c1-15(17(3)27(33)34)7-8-16(2)19-9-10-20-25-23(31)13-21-18(4)22(30)11-12-28(21,5)26(25)24(32)14-29(19,20)6/h16-23,30-31H,1,7-14H2,2-6H3,(H,33,34)/t16-,17-,18+,19-,20+,21+,22+,23+,28+,29-/m1/s1. The van der Waals surface area contributed by atoms with Crippen molar-refractivity contribution in [2.45, 2.75) is 98.2 Å². The van der Waals surface area contributed by atoms with Crippen molar-refractivity contribution in [1.82, 2.24) is 0 Å². The molecule has 34 heavy (non-hydrogen) atoms. The van der Waals surface area contributed by atoms with Gasteiger partial charge in [0, 0.05) is 12.0 Å². The molecule has 10 atom stereocenters. The average molecular weight is 473 g/mol. The van der Waals surface area contributed by atoms with Gasteiger partial charge in [-0.25, -0.2) is 0 Å². The zero-order chi connectivity index (χ0) is 25.2.